The molecule has 2 nitrogen and oxygen atoms in total. The minimum absolute atomic E-state index is 0.510. The summed E-state index contributed by atoms with van der Waals surface area (Å²) in [7, 11) is 0. The van der Waals surface area contributed by atoms with Crippen LogP contribution in [-0.2, 0) is 9.53 Å². The first-order valence-corrected chi connectivity index (χ1v) is 4.78. The summed E-state index contributed by atoms with van der Waals surface area (Å²) in [5, 5.41) is 0. The molecule has 0 saturated heterocycles. The highest BCUT2D eigenvalue weighted by molar-refractivity contribution is 5.79. The number of hydrogen-bond acceptors (Lipinski definition) is 2. The Morgan fingerprint density at radius 1 is 0.944 bits per heavy atom. The van der Waals surface area contributed by atoms with Crippen molar-refractivity contribution in [3.8, 4) is 0 Å². The zero-order valence-corrected chi connectivity index (χ0v) is 9.62. The molecular formula is C9H11F7O2. The van der Waals surface area contributed by atoms with Gasteiger partial charge in [-0.1, -0.05) is 13.8 Å². The molecule has 0 N–H and O–H groups in total. The van der Waals surface area contributed by atoms with E-state index >= 15 is 0 Å². The second-order valence-corrected chi connectivity index (χ2v) is 4.00. The number of esters is 1. The van der Waals surface area contributed by atoms with Crippen molar-refractivity contribution in [3.63, 3.8) is 0 Å². The Bertz CT molecular complexity index is 309. The highest BCUT2D eigenvalue weighted by Crippen LogP contribution is 2.47. The van der Waals surface area contributed by atoms with Crippen LogP contribution >= 0.6 is 0 Å². The van der Waals surface area contributed by atoms with Crippen molar-refractivity contribution in [2.24, 2.45) is 5.92 Å². The van der Waals surface area contributed by atoms with Gasteiger partial charge in [-0.15, -0.1) is 0 Å². The normalized spacial score (nSPS) is 15.7. The minimum atomic E-state index is -6.55. The van der Waals surface area contributed by atoms with E-state index < -0.39 is 36.0 Å². The van der Waals surface area contributed by atoms with Gasteiger partial charge in [0.25, 0.3) is 0 Å². The number of carbonyl (C=O) groups excluding carboxylic acids is 1. The fourth-order valence-electron chi connectivity index (χ4n) is 0.685. The third-order valence-corrected chi connectivity index (χ3v) is 2.24. The maximum atomic E-state index is 12.8. The van der Waals surface area contributed by atoms with E-state index in [-0.39, 0.29) is 0 Å². The summed E-state index contributed by atoms with van der Waals surface area (Å²) in [5.41, 5.74) is 0. The third kappa shape index (κ3) is 3.05. The van der Waals surface area contributed by atoms with Crippen molar-refractivity contribution >= 4 is 5.97 Å². The van der Waals surface area contributed by atoms with Gasteiger partial charge in [0.2, 0.25) is 0 Å². The fourth-order valence-corrected chi connectivity index (χ4v) is 0.685. The van der Waals surface area contributed by atoms with Gasteiger partial charge in [0.15, 0.2) is 0 Å². The molecule has 0 rings (SSSR count). The van der Waals surface area contributed by atoms with Gasteiger partial charge in [0.1, 0.15) is 6.10 Å². The predicted octanol–water partition coefficient (Wildman–Crippen LogP) is 3.41. The van der Waals surface area contributed by atoms with Crippen LogP contribution in [0.2, 0.25) is 0 Å². The predicted molar refractivity (Wildman–Crippen MR) is 46.3 cm³/mol. The molecule has 0 fully saturated rings. The average molecular weight is 284 g/mol. The number of rotatable bonds is 4. The first-order valence-electron chi connectivity index (χ1n) is 4.78. The SMILES string of the molecule is CC(C)C(C)OC(=O)C(F)(F)C(F)(F)C(F)(F)F. The maximum absolute atomic E-state index is 12.8. The molecule has 1 atom stereocenters. The molecule has 0 bridgehead atoms. The Hall–Kier alpha value is -1.02. The van der Waals surface area contributed by atoms with E-state index in [0.717, 1.165) is 6.92 Å². The highest BCUT2D eigenvalue weighted by Gasteiger charge is 2.77. The van der Waals surface area contributed by atoms with E-state index in [9.17, 15) is 35.5 Å². The topological polar surface area (TPSA) is 26.3 Å². The van der Waals surface area contributed by atoms with Crippen LogP contribution in [0.5, 0.6) is 0 Å². The minimum Gasteiger partial charge on any atom is -0.458 e. The number of halogens is 7. The first-order chi connectivity index (χ1) is 7.75. The van der Waals surface area contributed by atoms with Crippen LogP contribution in [0.1, 0.15) is 20.8 Å². The summed E-state index contributed by atoms with van der Waals surface area (Å²) in [4.78, 5) is 10.7. The number of carbonyl (C=O) groups is 1. The van der Waals surface area contributed by atoms with Gasteiger partial charge in [-0.3, -0.25) is 0 Å². The van der Waals surface area contributed by atoms with Crippen molar-refractivity contribution in [1.29, 1.82) is 0 Å². The summed E-state index contributed by atoms with van der Waals surface area (Å²) >= 11 is 0. The molecule has 0 aromatic carbocycles. The number of hydrogen-bond donors (Lipinski definition) is 0. The van der Waals surface area contributed by atoms with Crippen molar-refractivity contribution in [2.75, 3.05) is 0 Å². The van der Waals surface area contributed by atoms with E-state index in [1.807, 2.05) is 0 Å². The summed E-state index contributed by atoms with van der Waals surface area (Å²) in [6.45, 7) is 3.93. The maximum Gasteiger partial charge on any atom is 0.460 e. The highest BCUT2D eigenvalue weighted by atomic mass is 19.4. The quantitative estimate of drug-likeness (QED) is 0.584. The summed E-state index contributed by atoms with van der Waals surface area (Å²) < 4.78 is 89.5. The second-order valence-electron chi connectivity index (χ2n) is 4.00. The van der Waals surface area contributed by atoms with Crippen LogP contribution in [0.4, 0.5) is 30.7 Å². The molecule has 0 radical (unpaired) electrons. The molecule has 0 aromatic heterocycles. The molecule has 18 heavy (non-hydrogen) atoms. The lowest BCUT2D eigenvalue weighted by Crippen LogP contribution is -2.57. The van der Waals surface area contributed by atoms with Gasteiger partial charge < -0.3 is 4.74 Å². The van der Waals surface area contributed by atoms with E-state index in [0.29, 0.717) is 0 Å². The van der Waals surface area contributed by atoms with Crippen LogP contribution in [0.25, 0.3) is 0 Å². The Balaban J connectivity index is 5.10. The molecule has 0 aliphatic rings. The summed E-state index contributed by atoms with van der Waals surface area (Å²) in [6, 6.07) is 0. The van der Waals surface area contributed by atoms with Crippen LogP contribution in [0.3, 0.4) is 0 Å². The van der Waals surface area contributed by atoms with E-state index in [1.54, 1.807) is 0 Å². The molecule has 108 valence electrons. The van der Waals surface area contributed by atoms with Crippen molar-refractivity contribution in [2.45, 2.75) is 44.9 Å². The van der Waals surface area contributed by atoms with Crippen molar-refractivity contribution < 1.29 is 40.3 Å². The molecule has 0 aliphatic heterocycles. The Morgan fingerprint density at radius 2 is 1.33 bits per heavy atom. The molecular weight excluding hydrogens is 273 g/mol. The Labute approximate surface area is 98.1 Å². The number of ether oxygens (including phenoxy) is 1. The number of alkyl halides is 7. The van der Waals surface area contributed by atoms with Crippen LogP contribution in [0.15, 0.2) is 0 Å². The van der Waals surface area contributed by atoms with E-state index in [1.165, 1.54) is 13.8 Å². The largest absolute Gasteiger partial charge is 0.460 e. The zero-order chi connectivity index (χ0) is 14.9. The monoisotopic (exact) mass is 284 g/mol. The van der Waals surface area contributed by atoms with Gasteiger partial charge in [-0.2, -0.15) is 30.7 Å². The van der Waals surface area contributed by atoms with Gasteiger partial charge >= 0.3 is 24.0 Å². The molecule has 0 aromatic rings. The molecule has 0 saturated carbocycles. The molecule has 9 heteroatoms. The summed E-state index contributed by atoms with van der Waals surface area (Å²) in [6.07, 6.45) is -7.76. The van der Waals surface area contributed by atoms with Gasteiger partial charge in [0, 0.05) is 0 Å². The first kappa shape index (κ1) is 17.0. The molecule has 0 spiro atoms. The van der Waals surface area contributed by atoms with Gasteiger partial charge in [-0.25, -0.2) is 4.79 Å². The van der Waals surface area contributed by atoms with Crippen LogP contribution in [-0.4, -0.2) is 30.1 Å². The second kappa shape index (κ2) is 4.93. The Kier molecular flexibility index (Phi) is 4.65. The zero-order valence-electron chi connectivity index (χ0n) is 9.62. The molecule has 0 heterocycles. The van der Waals surface area contributed by atoms with Crippen molar-refractivity contribution in [3.05, 3.63) is 0 Å². The third-order valence-electron chi connectivity index (χ3n) is 2.24. The van der Waals surface area contributed by atoms with E-state index in [4.69, 9.17) is 0 Å². The van der Waals surface area contributed by atoms with E-state index in [2.05, 4.69) is 4.74 Å². The molecule has 0 aliphatic carbocycles. The standard InChI is InChI=1S/C9H11F7O2/c1-4(2)5(3)18-6(17)7(10,11)8(12,13)9(14,15)16/h4-5H,1-3H3. The fraction of sp³-hybridized carbons (Fsp3) is 0.889. The molecule has 1 unspecified atom stereocenters. The molecule has 0 amide bonds. The lowest BCUT2D eigenvalue weighted by molar-refractivity contribution is -0.349. The van der Waals surface area contributed by atoms with Gasteiger partial charge in [0.05, 0.1) is 0 Å². The Morgan fingerprint density at radius 3 is 1.61 bits per heavy atom. The van der Waals surface area contributed by atoms with Crippen molar-refractivity contribution in [1.82, 2.24) is 0 Å². The van der Waals surface area contributed by atoms with Crippen LogP contribution < -0.4 is 0 Å². The lowest BCUT2D eigenvalue weighted by Gasteiger charge is -2.28. The van der Waals surface area contributed by atoms with Gasteiger partial charge in [-0.05, 0) is 12.8 Å². The lowest BCUT2D eigenvalue weighted by atomic mass is 10.1. The smallest absolute Gasteiger partial charge is 0.458 e. The summed E-state index contributed by atoms with van der Waals surface area (Å²) in [5.74, 6) is -15.8. The average Bonchev–Trinajstić information content (AvgIpc) is 2.14. The van der Waals surface area contributed by atoms with Crippen LogP contribution in [0, 0.1) is 5.92 Å².